The molecule has 0 spiro atoms. The van der Waals surface area contributed by atoms with Gasteiger partial charge in [0.1, 0.15) is 12.2 Å². The molecule has 4 rings (SSSR count). The van der Waals surface area contributed by atoms with Gasteiger partial charge in [-0.3, -0.25) is 13.6 Å². The van der Waals surface area contributed by atoms with Crippen LogP contribution in [0.1, 0.15) is 63.1 Å². The molecular weight excluding hydrogens is 591 g/mol. The Morgan fingerprint density at radius 2 is 1.13 bits per heavy atom. The fourth-order valence-corrected chi connectivity index (χ4v) is 6.41. The first-order valence-corrected chi connectivity index (χ1v) is 17.6. The summed E-state index contributed by atoms with van der Waals surface area (Å²) >= 11 is 0. The molecule has 1 fully saturated rings. The van der Waals surface area contributed by atoms with Crippen LogP contribution in [0.3, 0.4) is 0 Å². The predicted octanol–water partition coefficient (Wildman–Crippen LogP) is 8.49. The lowest BCUT2D eigenvalue weighted by Gasteiger charge is -2.45. The summed E-state index contributed by atoms with van der Waals surface area (Å²) in [5.74, 6) is -0.377. The molecular formula is C36H49O8P. The Labute approximate surface area is 268 Å². The Morgan fingerprint density at radius 1 is 0.667 bits per heavy atom. The first-order chi connectivity index (χ1) is 22.0. The lowest BCUT2D eigenvalue weighted by atomic mass is 9.92. The number of hydrogen-bond acceptors (Lipinski definition) is 8. The minimum atomic E-state index is -3.93. The lowest BCUT2D eigenvalue weighted by Crippen LogP contribution is -2.57. The van der Waals surface area contributed by atoms with E-state index in [9.17, 15) is 4.57 Å². The topological polar surface area (TPSA) is 81.7 Å². The smallest absolute Gasteiger partial charge is 0.374 e. The average Bonchev–Trinajstić information content (AvgIpc) is 3.06. The van der Waals surface area contributed by atoms with Gasteiger partial charge in [-0.1, -0.05) is 125 Å². The summed E-state index contributed by atoms with van der Waals surface area (Å²) in [7, 11) is -3.93. The van der Waals surface area contributed by atoms with Crippen LogP contribution in [0.25, 0.3) is 0 Å². The number of phosphoric ester groups is 1. The number of phosphoric acid groups is 1. The summed E-state index contributed by atoms with van der Waals surface area (Å²) in [6.07, 6.45) is 0.753. The summed E-state index contributed by atoms with van der Waals surface area (Å²) < 4.78 is 57.5. The molecule has 246 valence electrons. The Kier molecular flexibility index (Phi) is 15.2. The summed E-state index contributed by atoms with van der Waals surface area (Å²) in [6, 6.07) is 30.0. The molecule has 1 aliphatic heterocycles. The molecule has 1 saturated heterocycles. The number of hydrogen-bond donors (Lipinski definition) is 0. The van der Waals surface area contributed by atoms with Crippen molar-refractivity contribution in [2.24, 2.45) is 5.92 Å². The predicted molar refractivity (Wildman–Crippen MR) is 174 cm³/mol. The maximum absolute atomic E-state index is 13.9. The normalized spacial score (nSPS) is 22.0. The van der Waals surface area contributed by atoms with Crippen molar-refractivity contribution in [3.63, 3.8) is 0 Å². The lowest BCUT2D eigenvalue weighted by molar-refractivity contribution is -0.285. The molecule has 5 atom stereocenters. The third-order valence-electron chi connectivity index (χ3n) is 7.64. The average molecular weight is 641 g/mol. The molecule has 8 nitrogen and oxygen atoms in total. The van der Waals surface area contributed by atoms with E-state index >= 15 is 0 Å². The quantitative estimate of drug-likeness (QED) is 0.0899. The van der Waals surface area contributed by atoms with E-state index in [1.807, 2.05) is 112 Å². The number of unbranched alkanes of at least 4 members (excludes halogenated alkanes) is 2. The minimum Gasteiger partial charge on any atom is -0.374 e. The zero-order valence-electron chi connectivity index (χ0n) is 26.8. The van der Waals surface area contributed by atoms with Crippen molar-refractivity contribution in [2.45, 2.75) is 90.9 Å². The largest absolute Gasteiger partial charge is 0.477 e. The number of ether oxygens (including phenoxy) is 4. The van der Waals surface area contributed by atoms with Crippen molar-refractivity contribution in [3.8, 4) is 0 Å². The van der Waals surface area contributed by atoms with E-state index in [0.29, 0.717) is 19.8 Å². The van der Waals surface area contributed by atoms with Gasteiger partial charge in [0.25, 0.3) is 0 Å². The van der Waals surface area contributed by atoms with Crippen LogP contribution < -0.4 is 0 Å². The van der Waals surface area contributed by atoms with Gasteiger partial charge in [0, 0.05) is 5.92 Å². The molecule has 0 amide bonds. The number of rotatable bonds is 20. The molecule has 0 saturated carbocycles. The van der Waals surface area contributed by atoms with Gasteiger partial charge >= 0.3 is 7.82 Å². The molecule has 0 aromatic heterocycles. The van der Waals surface area contributed by atoms with E-state index in [1.165, 1.54) is 0 Å². The van der Waals surface area contributed by atoms with Crippen molar-refractivity contribution in [3.05, 3.63) is 108 Å². The zero-order chi connectivity index (χ0) is 31.7. The molecule has 0 radical (unpaired) electrons. The highest BCUT2D eigenvalue weighted by atomic mass is 31.2. The van der Waals surface area contributed by atoms with Crippen molar-refractivity contribution in [1.82, 2.24) is 0 Å². The van der Waals surface area contributed by atoms with Crippen LogP contribution in [0.4, 0.5) is 0 Å². The highest BCUT2D eigenvalue weighted by molar-refractivity contribution is 7.48. The SMILES string of the molecule is CCCCOP(=O)(OCCCC)OC1OC(COCc2ccccc2)C(OCc2ccccc2)C(OCc2ccccc2)C1C. The first kappa shape index (κ1) is 35.5. The summed E-state index contributed by atoms with van der Waals surface area (Å²) in [6.45, 7) is 7.93. The third kappa shape index (κ3) is 11.7. The second-order valence-corrected chi connectivity index (χ2v) is 13.0. The Hall–Kier alpha value is -2.39. The standard InChI is InChI=1S/C36H49O8P/c1-4-6-23-41-45(37,42-24-7-5-2)44-36-29(3)34(39-26-31-19-13-9-14-20-31)35(40-27-32-21-15-10-16-22-32)33(43-36)28-38-25-30-17-11-8-12-18-30/h8-22,29,33-36H,4-7,23-28H2,1-3H3. The van der Waals surface area contributed by atoms with Gasteiger partial charge in [-0.15, -0.1) is 0 Å². The maximum Gasteiger partial charge on any atom is 0.477 e. The zero-order valence-corrected chi connectivity index (χ0v) is 27.7. The van der Waals surface area contributed by atoms with Crippen molar-refractivity contribution < 1.29 is 37.1 Å². The molecule has 0 N–H and O–H groups in total. The Balaban J connectivity index is 1.58. The van der Waals surface area contributed by atoms with Crippen LogP contribution in [-0.2, 0) is 56.9 Å². The van der Waals surface area contributed by atoms with Gasteiger partial charge in [0.15, 0.2) is 6.29 Å². The summed E-state index contributed by atoms with van der Waals surface area (Å²) in [5, 5.41) is 0. The van der Waals surface area contributed by atoms with Crippen LogP contribution in [0.5, 0.6) is 0 Å². The van der Waals surface area contributed by atoms with Crippen LogP contribution in [0.2, 0.25) is 0 Å². The molecule has 5 unspecified atom stereocenters. The van der Waals surface area contributed by atoms with Crippen LogP contribution in [0, 0.1) is 5.92 Å². The van der Waals surface area contributed by atoms with Gasteiger partial charge in [0.05, 0.1) is 45.7 Å². The minimum absolute atomic E-state index is 0.212. The second-order valence-electron chi connectivity index (χ2n) is 11.4. The Morgan fingerprint density at radius 3 is 1.62 bits per heavy atom. The summed E-state index contributed by atoms with van der Waals surface area (Å²) in [5.41, 5.74) is 3.11. The van der Waals surface area contributed by atoms with E-state index < -0.39 is 32.4 Å². The molecule has 9 heteroatoms. The molecule has 0 aliphatic carbocycles. The molecule has 0 bridgehead atoms. The third-order valence-corrected chi connectivity index (χ3v) is 9.10. The van der Waals surface area contributed by atoms with E-state index in [4.69, 9.17) is 32.5 Å². The molecule has 3 aromatic rings. The van der Waals surface area contributed by atoms with Crippen LogP contribution in [-0.4, -0.2) is 44.4 Å². The number of benzene rings is 3. The molecule has 45 heavy (non-hydrogen) atoms. The van der Waals surface area contributed by atoms with Gasteiger partial charge < -0.3 is 18.9 Å². The van der Waals surface area contributed by atoms with Crippen molar-refractivity contribution >= 4 is 7.82 Å². The van der Waals surface area contributed by atoms with Gasteiger partial charge in [-0.05, 0) is 29.5 Å². The highest BCUT2D eigenvalue weighted by Gasteiger charge is 2.49. The van der Waals surface area contributed by atoms with E-state index in [-0.39, 0.29) is 25.7 Å². The van der Waals surface area contributed by atoms with Gasteiger partial charge in [-0.25, -0.2) is 4.57 Å². The van der Waals surface area contributed by atoms with Gasteiger partial charge in [-0.2, -0.15) is 0 Å². The van der Waals surface area contributed by atoms with E-state index in [1.54, 1.807) is 0 Å². The second kappa shape index (κ2) is 19.3. The van der Waals surface area contributed by atoms with E-state index in [0.717, 1.165) is 42.4 Å². The van der Waals surface area contributed by atoms with Crippen LogP contribution in [0.15, 0.2) is 91.0 Å². The Bertz CT molecular complexity index is 1230. The summed E-state index contributed by atoms with van der Waals surface area (Å²) in [4.78, 5) is 0. The van der Waals surface area contributed by atoms with Gasteiger partial charge in [0.2, 0.25) is 0 Å². The van der Waals surface area contributed by atoms with E-state index in [2.05, 4.69) is 0 Å². The fraction of sp³-hybridized carbons (Fsp3) is 0.500. The fourth-order valence-electron chi connectivity index (χ4n) is 5.01. The highest BCUT2D eigenvalue weighted by Crippen LogP contribution is 2.53. The molecule has 1 heterocycles. The molecule has 3 aromatic carbocycles. The monoisotopic (exact) mass is 640 g/mol. The van der Waals surface area contributed by atoms with Crippen molar-refractivity contribution in [2.75, 3.05) is 19.8 Å². The molecule has 1 aliphatic rings. The maximum atomic E-state index is 13.9. The van der Waals surface area contributed by atoms with Crippen molar-refractivity contribution in [1.29, 1.82) is 0 Å². The first-order valence-electron chi connectivity index (χ1n) is 16.2. The van der Waals surface area contributed by atoms with Crippen LogP contribution >= 0.6 is 7.82 Å².